The maximum Gasteiger partial charge on any atom is 0.238 e. The van der Waals surface area contributed by atoms with Gasteiger partial charge in [0.2, 0.25) is 5.91 Å². The van der Waals surface area contributed by atoms with Crippen molar-refractivity contribution in [1.29, 1.82) is 5.26 Å². The van der Waals surface area contributed by atoms with E-state index in [1.807, 2.05) is 31.2 Å². The van der Waals surface area contributed by atoms with Crippen LogP contribution < -0.4 is 15.4 Å². The zero-order valence-corrected chi connectivity index (χ0v) is 15.1. The number of carbonyl (C=O) groups excluding carboxylic acids is 1. The molecule has 1 atom stereocenters. The fraction of sp³-hybridized carbons (Fsp3) is 0.222. The molecule has 24 heavy (non-hydrogen) atoms. The summed E-state index contributed by atoms with van der Waals surface area (Å²) in [6.45, 7) is 2.17. The average Bonchev–Trinajstić information content (AvgIpc) is 2.60. The van der Waals surface area contributed by atoms with Crippen LogP contribution in [-0.2, 0) is 4.79 Å². The molecule has 0 aliphatic carbocycles. The van der Waals surface area contributed by atoms with Crippen LogP contribution in [0.2, 0.25) is 0 Å². The minimum atomic E-state index is -0.140. The van der Waals surface area contributed by atoms with E-state index < -0.39 is 0 Å². The molecule has 0 radical (unpaired) electrons. The van der Waals surface area contributed by atoms with Crippen molar-refractivity contribution >= 4 is 27.5 Å². The SMILES string of the molecule is COc1ccc([C@H](C)NCC(=O)Nc2ccc(C#N)cc2)cc1Br. The third-order valence-electron chi connectivity index (χ3n) is 3.54. The molecule has 0 saturated heterocycles. The van der Waals surface area contributed by atoms with Gasteiger partial charge in [-0.25, -0.2) is 0 Å². The number of halogens is 1. The number of rotatable bonds is 6. The first-order valence-corrected chi connectivity index (χ1v) is 8.19. The predicted molar refractivity (Wildman–Crippen MR) is 96.9 cm³/mol. The van der Waals surface area contributed by atoms with Crippen LogP contribution in [0.25, 0.3) is 0 Å². The molecule has 1 amide bonds. The first-order valence-electron chi connectivity index (χ1n) is 7.40. The van der Waals surface area contributed by atoms with Crippen LogP contribution in [0, 0.1) is 11.3 Å². The largest absolute Gasteiger partial charge is 0.496 e. The van der Waals surface area contributed by atoms with Gasteiger partial charge in [0.15, 0.2) is 0 Å². The van der Waals surface area contributed by atoms with Crippen molar-refractivity contribution in [2.75, 3.05) is 19.0 Å². The van der Waals surface area contributed by atoms with Crippen molar-refractivity contribution in [3.8, 4) is 11.8 Å². The summed E-state index contributed by atoms with van der Waals surface area (Å²) in [5.74, 6) is 0.628. The van der Waals surface area contributed by atoms with E-state index in [2.05, 4.69) is 26.6 Å². The van der Waals surface area contributed by atoms with E-state index in [-0.39, 0.29) is 18.5 Å². The van der Waals surface area contributed by atoms with E-state index in [0.717, 1.165) is 15.8 Å². The number of amides is 1. The lowest BCUT2D eigenvalue weighted by atomic mass is 10.1. The Morgan fingerprint density at radius 2 is 2.00 bits per heavy atom. The van der Waals surface area contributed by atoms with Gasteiger partial charge in [-0.2, -0.15) is 5.26 Å². The summed E-state index contributed by atoms with van der Waals surface area (Å²) in [4.78, 5) is 12.0. The summed E-state index contributed by atoms with van der Waals surface area (Å²) in [5.41, 5.74) is 2.28. The summed E-state index contributed by atoms with van der Waals surface area (Å²) < 4.78 is 6.08. The highest BCUT2D eigenvalue weighted by Gasteiger charge is 2.10. The van der Waals surface area contributed by atoms with E-state index >= 15 is 0 Å². The lowest BCUT2D eigenvalue weighted by Gasteiger charge is -2.15. The standard InChI is InChI=1S/C18H18BrN3O2/c1-12(14-5-8-17(24-2)16(19)9-14)21-11-18(23)22-15-6-3-13(10-20)4-7-15/h3-9,12,21H,11H2,1-2H3,(H,22,23)/t12-/m0/s1. The summed E-state index contributed by atoms with van der Waals surface area (Å²) in [6.07, 6.45) is 0. The molecule has 6 heteroatoms. The monoisotopic (exact) mass is 387 g/mol. The predicted octanol–water partition coefficient (Wildman–Crippen LogP) is 3.62. The van der Waals surface area contributed by atoms with Crippen LogP contribution in [0.1, 0.15) is 24.1 Å². The highest BCUT2D eigenvalue weighted by molar-refractivity contribution is 9.10. The van der Waals surface area contributed by atoms with Crippen molar-refractivity contribution in [3.05, 3.63) is 58.1 Å². The number of hydrogen-bond donors (Lipinski definition) is 2. The fourth-order valence-electron chi connectivity index (χ4n) is 2.15. The number of carbonyl (C=O) groups is 1. The van der Waals surface area contributed by atoms with Crippen molar-refractivity contribution in [1.82, 2.24) is 5.32 Å². The Kier molecular flexibility index (Phi) is 6.36. The van der Waals surface area contributed by atoms with E-state index in [0.29, 0.717) is 11.3 Å². The molecule has 0 fully saturated rings. The highest BCUT2D eigenvalue weighted by Crippen LogP contribution is 2.27. The molecular formula is C18H18BrN3O2. The molecule has 0 aliphatic rings. The van der Waals surface area contributed by atoms with Crippen molar-refractivity contribution in [2.45, 2.75) is 13.0 Å². The van der Waals surface area contributed by atoms with Crippen LogP contribution in [0.15, 0.2) is 46.9 Å². The maximum atomic E-state index is 12.0. The fourth-order valence-corrected chi connectivity index (χ4v) is 2.71. The first-order chi connectivity index (χ1) is 11.5. The minimum absolute atomic E-state index is 0.0129. The lowest BCUT2D eigenvalue weighted by molar-refractivity contribution is -0.115. The number of ether oxygens (including phenoxy) is 1. The van der Waals surface area contributed by atoms with Crippen LogP contribution in [-0.4, -0.2) is 19.6 Å². The normalized spacial score (nSPS) is 11.4. The Morgan fingerprint density at radius 3 is 2.58 bits per heavy atom. The Labute approximate surface area is 149 Å². The quantitative estimate of drug-likeness (QED) is 0.793. The van der Waals surface area contributed by atoms with Gasteiger partial charge in [0.05, 0.1) is 29.8 Å². The Morgan fingerprint density at radius 1 is 1.29 bits per heavy atom. The van der Waals surface area contributed by atoms with Crippen LogP contribution in [0.5, 0.6) is 5.75 Å². The molecule has 2 rings (SSSR count). The number of hydrogen-bond acceptors (Lipinski definition) is 4. The second-order valence-electron chi connectivity index (χ2n) is 5.23. The molecule has 2 N–H and O–H groups in total. The summed E-state index contributed by atoms with van der Waals surface area (Å²) in [6, 6.07) is 14.6. The zero-order valence-electron chi connectivity index (χ0n) is 13.5. The van der Waals surface area contributed by atoms with Gasteiger partial charge in [-0.1, -0.05) is 6.07 Å². The summed E-state index contributed by atoms with van der Waals surface area (Å²) in [7, 11) is 1.62. The van der Waals surface area contributed by atoms with E-state index in [1.165, 1.54) is 0 Å². The Bertz CT molecular complexity index is 754. The second-order valence-corrected chi connectivity index (χ2v) is 6.09. The van der Waals surface area contributed by atoms with Crippen LogP contribution in [0.4, 0.5) is 5.69 Å². The molecule has 0 unspecified atom stereocenters. The topological polar surface area (TPSA) is 74.2 Å². The Balaban J connectivity index is 1.88. The molecule has 0 aliphatic heterocycles. The molecule has 0 spiro atoms. The van der Waals surface area contributed by atoms with Gasteiger partial charge >= 0.3 is 0 Å². The lowest BCUT2D eigenvalue weighted by Crippen LogP contribution is -2.30. The van der Waals surface area contributed by atoms with Gasteiger partial charge in [-0.05, 0) is 64.8 Å². The summed E-state index contributed by atoms with van der Waals surface area (Å²) in [5, 5.41) is 14.7. The average molecular weight is 388 g/mol. The van der Waals surface area contributed by atoms with Crippen molar-refractivity contribution < 1.29 is 9.53 Å². The number of benzene rings is 2. The van der Waals surface area contributed by atoms with Gasteiger partial charge in [-0.15, -0.1) is 0 Å². The molecule has 0 saturated carbocycles. The first kappa shape index (κ1) is 18.0. The van der Waals surface area contributed by atoms with Crippen LogP contribution in [0.3, 0.4) is 0 Å². The number of methoxy groups -OCH3 is 1. The Hall–Kier alpha value is -2.36. The van der Waals surface area contributed by atoms with Gasteiger partial charge in [0, 0.05) is 11.7 Å². The number of nitrogens with one attached hydrogen (secondary N) is 2. The molecule has 2 aromatic carbocycles. The van der Waals surface area contributed by atoms with Crippen molar-refractivity contribution in [2.24, 2.45) is 0 Å². The van der Waals surface area contributed by atoms with E-state index in [1.54, 1.807) is 31.4 Å². The third kappa shape index (κ3) is 4.82. The minimum Gasteiger partial charge on any atom is -0.496 e. The second kappa shape index (κ2) is 8.48. The molecule has 5 nitrogen and oxygen atoms in total. The highest BCUT2D eigenvalue weighted by atomic mass is 79.9. The molecule has 0 aromatic heterocycles. The van der Waals surface area contributed by atoms with Crippen molar-refractivity contribution in [3.63, 3.8) is 0 Å². The van der Waals surface area contributed by atoms with E-state index in [9.17, 15) is 4.79 Å². The number of nitrogens with zero attached hydrogens (tertiary/aromatic N) is 1. The molecule has 2 aromatic rings. The van der Waals surface area contributed by atoms with Gasteiger partial charge < -0.3 is 15.4 Å². The van der Waals surface area contributed by atoms with Crippen LogP contribution >= 0.6 is 15.9 Å². The smallest absolute Gasteiger partial charge is 0.238 e. The third-order valence-corrected chi connectivity index (χ3v) is 4.16. The molecule has 0 heterocycles. The summed E-state index contributed by atoms with van der Waals surface area (Å²) >= 11 is 3.46. The van der Waals surface area contributed by atoms with Gasteiger partial charge in [0.1, 0.15) is 5.75 Å². The van der Waals surface area contributed by atoms with Gasteiger partial charge in [0.25, 0.3) is 0 Å². The maximum absolute atomic E-state index is 12.0. The molecule has 124 valence electrons. The molecule has 0 bridgehead atoms. The molecular weight excluding hydrogens is 370 g/mol. The number of nitriles is 1. The van der Waals surface area contributed by atoms with Gasteiger partial charge in [-0.3, -0.25) is 4.79 Å². The number of anilines is 1. The van der Waals surface area contributed by atoms with E-state index in [4.69, 9.17) is 10.00 Å². The zero-order chi connectivity index (χ0) is 17.5.